The number of anilines is 3. The molecule has 0 spiro atoms. The Hall–Kier alpha value is -4.67. The minimum Gasteiger partial charge on any atom is -0.394 e. The summed E-state index contributed by atoms with van der Waals surface area (Å²) in [6, 6.07) is 19.0. The summed E-state index contributed by atoms with van der Waals surface area (Å²) in [4.78, 5) is 38.3. The fourth-order valence-electron chi connectivity index (χ4n) is 4.07. The number of aliphatic hydroxyl groups excluding tert-OH is 2. The lowest BCUT2D eigenvalue weighted by Crippen LogP contribution is -2.40. The highest BCUT2D eigenvalue weighted by Gasteiger charge is 2.16. The van der Waals surface area contributed by atoms with Crippen LogP contribution in [0.25, 0.3) is 11.4 Å². The summed E-state index contributed by atoms with van der Waals surface area (Å²) in [6.07, 6.45) is 1.40. The average molecular weight is 555 g/mol. The Morgan fingerprint density at radius 3 is 2.12 bits per heavy atom. The van der Waals surface area contributed by atoms with E-state index in [-0.39, 0.29) is 24.5 Å². The van der Waals surface area contributed by atoms with E-state index in [2.05, 4.69) is 51.7 Å². The van der Waals surface area contributed by atoms with E-state index in [9.17, 15) is 9.59 Å². The van der Waals surface area contributed by atoms with E-state index in [1.54, 1.807) is 24.3 Å². The lowest BCUT2D eigenvalue weighted by atomic mass is 9.86. The Balaban J connectivity index is 1.47. The molecule has 0 radical (unpaired) electrons. The number of amides is 2. The number of hydrogen-bond donors (Lipinski definition) is 5. The summed E-state index contributed by atoms with van der Waals surface area (Å²) < 4.78 is 0. The van der Waals surface area contributed by atoms with Crippen molar-refractivity contribution < 1.29 is 19.8 Å². The highest BCUT2D eigenvalue weighted by atomic mass is 16.3. The standard InChI is InChI=1S/C31H34N6O4/c1-19-25(6-5-7-26(19)36-29(41)20-8-12-22(13-9-20)31(2,3)4)27-32-18-33-30(37-27)35-23-14-10-21(11-15-23)28(40)34-24(16-38)17-39/h5-15,18,24,38-39H,16-17H2,1-4H3,(H,34,40)(H,36,41)(H,32,33,35,37). The van der Waals surface area contributed by atoms with Crippen molar-refractivity contribution in [2.45, 2.75) is 39.2 Å². The van der Waals surface area contributed by atoms with Gasteiger partial charge in [0.15, 0.2) is 5.82 Å². The monoisotopic (exact) mass is 554 g/mol. The van der Waals surface area contributed by atoms with Crippen molar-refractivity contribution in [1.82, 2.24) is 20.3 Å². The van der Waals surface area contributed by atoms with E-state index >= 15 is 0 Å². The van der Waals surface area contributed by atoms with Gasteiger partial charge in [0.25, 0.3) is 11.8 Å². The number of nitrogens with one attached hydrogen (secondary N) is 3. The minimum absolute atomic E-state index is 0.00356. The molecule has 5 N–H and O–H groups in total. The van der Waals surface area contributed by atoms with E-state index in [4.69, 9.17) is 10.2 Å². The first-order chi connectivity index (χ1) is 19.6. The molecule has 0 aliphatic heterocycles. The second kappa shape index (κ2) is 12.7. The van der Waals surface area contributed by atoms with Crippen molar-refractivity contribution in [3.8, 4) is 11.4 Å². The molecule has 0 fully saturated rings. The molecule has 0 aliphatic rings. The quantitative estimate of drug-likeness (QED) is 0.206. The molecule has 41 heavy (non-hydrogen) atoms. The minimum atomic E-state index is -0.723. The fourth-order valence-corrected chi connectivity index (χ4v) is 4.07. The van der Waals surface area contributed by atoms with Crippen molar-refractivity contribution in [2.24, 2.45) is 0 Å². The maximum Gasteiger partial charge on any atom is 0.255 e. The first kappa shape index (κ1) is 29.3. The molecule has 1 aromatic heterocycles. The molecule has 0 unspecified atom stereocenters. The van der Waals surface area contributed by atoms with Gasteiger partial charge in [-0.2, -0.15) is 4.98 Å². The van der Waals surface area contributed by atoms with Gasteiger partial charge in [0, 0.05) is 28.1 Å². The molecule has 10 nitrogen and oxygen atoms in total. The van der Waals surface area contributed by atoms with Gasteiger partial charge in [0.05, 0.1) is 19.3 Å². The summed E-state index contributed by atoms with van der Waals surface area (Å²) in [5, 5.41) is 27.0. The highest BCUT2D eigenvalue weighted by Crippen LogP contribution is 2.28. The number of rotatable bonds is 9. The van der Waals surface area contributed by atoms with Crippen LogP contribution in [0.3, 0.4) is 0 Å². The number of carbonyl (C=O) groups is 2. The zero-order valence-corrected chi connectivity index (χ0v) is 23.5. The largest absolute Gasteiger partial charge is 0.394 e. The van der Waals surface area contributed by atoms with E-state index in [1.165, 1.54) is 6.33 Å². The summed E-state index contributed by atoms with van der Waals surface area (Å²) >= 11 is 0. The van der Waals surface area contributed by atoms with Crippen LogP contribution in [-0.4, -0.2) is 56.2 Å². The second-order valence-corrected chi connectivity index (χ2v) is 10.6. The fraction of sp³-hybridized carbons (Fsp3) is 0.258. The van der Waals surface area contributed by atoms with Crippen molar-refractivity contribution in [2.75, 3.05) is 23.8 Å². The molecule has 212 valence electrons. The predicted octanol–water partition coefficient (Wildman–Crippen LogP) is 4.22. The summed E-state index contributed by atoms with van der Waals surface area (Å²) in [5.74, 6) is 0.127. The van der Waals surface area contributed by atoms with Gasteiger partial charge >= 0.3 is 0 Å². The Bertz CT molecular complexity index is 1510. The molecule has 0 atom stereocenters. The molecular formula is C31H34N6O4. The SMILES string of the molecule is Cc1c(NC(=O)c2ccc(C(C)(C)C)cc2)cccc1-c1ncnc(Nc2ccc(C(=O)NC(CO)CO)cc2)n1. The Morgan fingerprint density at radius 2 is 1.49 bits per heavy atom. The molecule has 4 rings (SSSR count). The highest BCUT2D eigenvalue weighted by molar-refractivity contribution is 6.05. The molecule has 10 heteroatoms. The van der Waals surface area contributed by atoms with Crippen LogP contribution >= 0.6 is 0 Å². The number of nitrogens with zero attached hydrogens (tertiary/aromatic N) is 3. The first-order valence-corrected chi connectivity index (χ1v) is 13.2. The molecule has 3 aromatic carbocycles. The van der Waals surface area contributed by atoms with Gasteiger partial charge in [0.1, 0.15) is 6.33 Å². The summed E-state index contributed by atoms with van der Waals surface area (Å²) in [5.41, 5.74) is 4.95. The molecule has 0 aliphatic carbocycles. The Morgan fingerprint density at radius 1 is 0.854 bits per heavy atom. The van der Waals surface area contributed by atoms with E-state index in [0.717, 1.165) is 16.7 Å². The summed E-state index contributed by atoms with van der Waals surface area (Å²) in [6.45, 7) is 7.57. The lowest BCUT2D eigenvalue weighted by Gasteiger charge is -2.19. The molecule has 2 amide bonds. The number of hydrogen-bond acceptors (Lipinski definition) is 8. The third-order valence-electron chi connectivity index (χ3n) is 6.59. The van der Waals surface area contributed by atoms with Gasteiger partial charge in [-0.15, -0.1) is 0 Å². The van der Waals surface area contributed by atoms with Gasteiger partial charge in [-0.25, -0.2) is 9.97 Å². The predicted molar refractivity (Wildman–Crippen MR) is 158 cm³/mol. The van der Waals surface area contributed by atoms with Crippen LogP contribution in [0.15, 0.2) is 73.1 Å². The molecule has 0 bridgehead atoms. The smallest absolute Gasteiger partial charge is 0.255 e. The number of carbonyl (C=O) groups excluding carboxylic acids is 2. The van der Waals surface area contributed by atoms with Crippen molar-refractivity contribution in [1.29, 1.82) is 0 Å². The van der Waals surface area contributed by atoms with E-state index < -0.39 is 11.9 Å². The average Bonchev–Trinajstić information content (AvgIpc) is 2.97. The topological polar surface area (TPSA) is 149 Å². The third kappa shape index (κ3) is 7.30. The molecule has 1 heterocycles. The van der Waals surface area contributed by atoms with Gasteiger partial charge in [-0.1, -0.05) is 45.0 Å². The second-order valence-electron chi connectivity index (χ2n) is 10.6. The first-order valence-electron chi connectivity index (χ1n) is 13.2. The molecule has 0 saturated heterocycles. The van der Waals surface area contributed by atoms with Crippen molar-refractivity contribution >= 4 is 29.1 Å². The maximum atomic E-state index is 13.0. The van der Waals surface area contributed by atoms with Crippen LogP contribution in [0.1, 0.15) is 52.6 Å². The zero-order chi connectivity index (χ0) is 29.6. The lowest BCUT2D eigenvalue weighted by molar-refractivity contribution is 0.0879. The van der Waals surface area contributed by atoms with Gasteiger partial charge in [-0.3, -0.25) is 9.59 Å². The third-order valence-corrected chi connectivity index (χ3v) is 6.59. The van der Waals surface area contributed by atoms with Crippen LogP contribution in [0.2, 0.25) is 0 Å². The molecule has 4 aromatic rings. The van der Waals surface area contributed by atoms with E-state index in [1.807, 2.05) is 49.4 Å². The van der Waals surface area contributed by atoms with Gasteiger partial charge in [-0.05, 0) is 65.9 Å². The van der Waals surface area contributed by atoms with Crippen molar-refractivity contribution in [3.63, 3.8) is 0 Å². The maximum absolute atomic E-state index is 13.0. The van der Waals surface area contributed by atoms with Crippen LogP contribution in [0.4, 0.5) is 17.3 Å². The number of benzene rings is 3. The summed E-state index contributed by atoms with van der Waals surface area (Å²) in [7, 11) is 0. The number of aliphatic hydroxyl groups is 2. The number of aromatic nitrogens is 3. The van der Waals surface area contributed by atoms with Gasteiger partial charge < -0.3 is 26.2 Å². The zero-order valence-electron chi connectivity index (χ0n) is 23.5. The Kier molecular flexibility index (Phi) is 9.06. The van der Waals surface area contributed by atoms with E-state index in [0.29, 0.717) is 34.3 Å². The molecule has 0 saturated carbocycles. The Labute approximate surface area is 238 Å². The van der Waals surface area contributed by atoms with Crippen LogP contribution < -0.4 is 16.0 Å². The van der Waals surface area contributed by atoms with Crippen molar-refractivity contribution in [3.05, 3.63) is 95.3 Å². The van der Waals surface area contributed by atoms with Crippen LogP contribution in [0.5, 0.6) is 0 Å². The van der Waals surface area contributed by atoms with Gasteiger partial charge in [0.2, 0.25) is 5.95 Å². The van der Waals surface area contributed by atoms with Crippen LogP contribution in [-0.2, 0) is 5.41 Å². The normalized spacial score (nSPS) is 11.3. The molecular weight excluding hydrogens is 520 g/mol. The van der Waals surface area contributed by atoms with Crippen LogP contribution in [0, 0.1) is 6.92 Å².